The zero-order valence-electron chi connectivity index (χ0n) is 17.6. The minimum Gasteiger partial charge on any atom is -0.493 e. The van der Waals surface area contributed by atoms with Crippen molar-refractivity contribution in [3.05, 3.63) is 86.1 Å². The van der Waals surface area contributed by atoms with Gasteiger partial charge in [0, 0.05) is 10.6 Å². The number of nitrogens with one attached hydrogen (secondary N) is 2. The molecule has 0 aliphatic rings. The number of methoxy groups -OCH3 is 1. The van der Waals surface area contributed by atoms with Crippen LogP contribution in [0.5, 0.6) is 11.5 Å². The molecule has 3 aromatic rings. The highest BCUT2D eigenvalue weighted by Gasteiger charge is 2.16. The number of amides is 2. The number of carbonyl (C=O) groups excluding carboxylic acids is 2. The Morgan fingerprint density at radius 2 is 1.88 bits per heavy atom. The second kappa shape index (κ2) is 11.8. The molecule has 0 atom stereocenters. The summed E-state index contributed by atoms with van der Waals surface area (Å²) in [6, 6.07) is 14.0. The van der Waals surface area contributed by atoms with E-state index in [0.717, 1.165) is 0 Å². The van der Waals surface area contributed by atoms with Crippen LogP contribution in [-0.4, -0.2) is 25.1 Å². The molecule has 176 valence electrons. The Kier molecular flexibility index (Phi) is 8.86. The fourth-order valence-corrected chi connectivity index (χ4v) is 3.62. The number of hydrogen-bond acceptors (Lipinski definition) is 5. The van der Waals surface area contributed by atoms with Crippen molar-refractivity contribution >= 4 is 62.8 Å². The smallest absolute Gasteiger partial charge is 0.329 e. The van der Waals surface area contributed by atoms with Crippen molar-refractivity contribution in [2.75, 3.05) is 12.4 Å². The summed E-state index contributed by atoms with van der Waals surface area (Å²) >= 11 is 15.2. The van der Waals surface area contributed by atoms with E-state index in [1.807, 2.05) is 0 Å². The van der Waals surface area contributed by atoms with Gasteiger partial charge in [-0.25, -0.2) is 9.82 Å². The van der Waals surface area contributed by atoms with Crippen molar-refractivity contribution < 1.29 is 23.5 Å². The average molecular weight is 569 g/mol. The standard InChI is InChI=1S/C23H17BrCl2FN3O4/c1-33-20-9-13(8-16(24)21(20)34-12-14-4-2-3-5-18(14)27)11-28-30-23(32)22(31)29-19-10-15(25)6-7-17(19)26/h2-11H,12H2,1H3,(H,29,31)(H,30,32)/b28-11+. The highest BCUT2D eigenvalue weighted by molar-refractivity contribution is 9.10. The molecular weight excluding hydrogens is 552 g/mol. The maximum atomic E-state index is 13.8. The first-order valence-electron chi connectivity index (χ1n) is 9.61. The Hall–Kier alpha value is -3.14. The van der Waals surface area contributed by atoms with Crippen molar-refractivity contribution in [1.29, 1.82) is 0 Å². The molecule has 0 heterocycles. The molecule has 0 aliphatic carbocycles. The van der Waals surface area contributed by atoms with Crippen molar-refractivity contribution in [1.82, 2.24) is 5.43 Å². The maximum Gasteiger partial charge on any atom is 0.329 e. The number of hydrazone groups is 1. The van der Waals surface area contributed by atoms with Gasteiger partial charge in [-0.15, -0.1) is 0 Å². The molecule has 3 rings (SSSR count). The monoisotopic (exact) mass is 567 g/mol. The molecule has 2 amide bonds. The number of benzene rings is 3. The lowest BCUT2D eigenvalue weighted by Gasteiger charge is -2.14. The zero-order valence-corrected chi connectivity index (χ0v) is 20.7. The van der Waals surface area contributed by atoms with Crippen LogP contribution in [0.25, 0.3) is 0 Å². The number of nitrogens with zero attached hydrogens (tertiary/aromatic N) is 1. The summed E-state index contributed by atoms with van der Waals surface area (Å²) in [6.07, 6.45) is 1.31. The minimum atomic E-state index is -1.01. The van der Waals surface area contributed by atoms with E-state index >= 15 is 0 Å². The van der Waals surface area contributed by atoms with E-state index in [1.54, 1.807) is 36.4 Å². The fraction of sp³-hybridized carbons (Fsp3) is 0.0870. The Labute approximate surface area is 213 Å². The van der Waals surface area contributed by atoms with Crippen molar-refractivity contribution in [3.63, 3.8) is 0 Å². The van der Waals surface area contributed by atoms with Gasteiger partial charge >= 0.3 is 11.8 Å². The normalized spacial score (nSPS) is 10.7. The van der Waals surface area contributed by atoms with Crippen LogP contribution in [0.2, 0.25) is 10.0 Å². The molecule has 3 aromatic carbocycles. The number of anilines is 1. The SMILES string of the molecule is COc1cc(/C=N/NC(=O)C(=O)Nc2cc(Cl)ccc2Cl)cc(Br)c1OCc1ccccc1F. The average Bonchev–Trinajstić information content (AvgIpc) is 2.81. The molecule has 0 saturated heterocycles. The molecular formula is C23H17BrCl2FN3O4. The van der Waals surface area contributed by atoms with Gasteiger partial charge in [-0.1, -0.05) is 41.4 Å². The van der Waals surface area contributed by atoms with E-state index in [2.05, 4.69) is 31.8 Å². The van der Waals surface area contributed by atoms with Crippen LogP contribution in [0, 0.1) is 5.82 Å². The number of rotatable bonds is 7. The second-order valence-corrected chi connectivity index (χ2v) is 8.39. The summed E-state index contributed by atoms with van der Waals surface area (Å²) in [6.45, 7) is -0.00309. The van der Waals surface area contributed by atoms with Crippen LogP contribution in [0.4, 0.5) is 10.1 Å². The molecule has 0 aliphatic heterocycles. The highest BCUT2D eigenvalue weighted by Crippen LogP contribution is 2.37. The Bertz CT molecular complexity index is 1260. The number of carbonyl (C=O) groups is 2. The van der Waals surface area contributed by atoms with Crippen molar-refractivity contribution in [3.8, 4) is 11.5 Å². The third kappa shape index (κ3) is 6.69. The summed E-state index contributed by atoms with van der Waals surface area (Å²) in [5.41, 5.74) is 3.23. The molecule has 0 bridgehead atoms. The summed E-state index contributed by atoms with van der Waals surface area (Å²) < 4.78 is 25.4. The fourth-order valence-electron chi connectivity index (χ4n) is 2.71. The summed E-state index contributed by atoms with van der Waals surface area (Å²) in [5, 5.41) is 6.71. The first kappa shape index (κ1) is 25.5. The van der Waals surface area contributed by atoms with Crippen LogP contribution < -0.4 is 20.2 Å². The Morgan fingerprint density at radius 1 is 1.12 bits per heavy atom. The van der Waals surface area contributed by atoms with Crippen LogP contribution >= 0.6 is 39.1 Å². The largest absolute Gasteiger partial charge is 0.493 e. The number of hydrogen-bond donors (Lipinski definition) is 2. The molecule has 0 unspecified atom stereocenters. The molecule has 34 heavy (non-hydrogen) atoms. The minimum absolute atomic E-state index is 0.00309. The molecule has 0 radical (unpaired) electrons. The molecule has 11 heteroatoms. The van der Waals surface area contributed by atoms with E-state index in [9.17, 15) is 14.0 Å². The van der Waals surface area contributed by atoms with Crippen molar-refractivity contribution in [2.45, 2.75) is 6.61 Å². The van der Waals surface area contributed by atoms with E-state index < -0.39 is 11.8 Å². The van der Waals surface area contributed by atoms with E-state index in [4.69, 9.17) is 32.7 Å². The van der Waals surface area contributed by atoms with Gasteiger partial charge in [0.2, 0.25) is 0 Å². The van der Waals surface area contributed by atoms with Gasteiger partial charge < -0.3 is 14.8 Å². The molecule has 0 saturated carbocycles. The lowest BCUT2D eigenvalue weighted by Crippen LogP contribution is -2.32. The van der Waals surface area contributed by atoms with Crippen LogP contribution in [0.1, 0.15) is 11.1 Å². The van der Waals surface area contributed by atoms with Crippen molar-refractivity contribution in [2.24, 2.45) is 5.10 Å². The van der Waals surface area contributed by atoms with Gasteiger partial charge in [0.1, 0.15) is 12.4 Å². The maximum absolute atomic E-state index is 13.8. The topological polar surface area (TPSA) is 89.0 Å². The lowest BCUT2D eigenvalue weighted by molar-refractivity contribution is -0.136. The number of halogens is 4. The van der Waals surface area contributed by atoms with Crippen LogP contribution in [0.3, 0.4) is 0 Å². The molecule has 0 spiro atoms. The highest BCUT2D eigenvalue weighted by atomic mass is 79.9. The molecule has 0 fully saturated rings. The predicted molar refractivity (Wildman–Crippen MR) is 132 cm³/mol. The first-order chi connectivity index (χ1) is 16.3. The van der Waals surface area contributed by atoms with E-state index in [-0.39, 0.29) is 23.1 Å². The van der Waals surface area contributed by atoms with Gasteiger partial charge in [0.05, 0.1) is 28.5 Å². The second-order valence-electron chi connectivity index (χ2n) is 6.69. The van der Waals surface area contributed by atoms with E-state index in [1.165, 1.54) is 31.5 Å². The van der Waals surface area contributed by atoms with Gasteiger partial charge in [-0.3, -0.25) is 9.59 Å². The Balaban J connectivity index is 1.64. The van der Waals surface area contributed by atoms with Crippen LogP contribution in [0.15, 0.2) is 64.2 Å². The third-order valence-corrected chi connectivity index (χ3v) is 5.50. The lowest BCUT2D eigenvalue weighted by atomic mass is 10.2. The third-order valence-electron chi connectivity index (χ3n) is 4.34. The molecule has 7 nitrogen and oxygen atoms in total. The van der Waals surface area contributed by atoms with Crippen LogP contribution in [-0.2, 0) is 16.2 Å². The van der Waals surface area contributed by atoms with Gasteiger partial charge in [0.15, 0.2) is 11.5 Å². The van der Waals surface area contributed by atoms with Gasteiger partial charge in [-0.2, -0.15) is 5.10 Å². The summed E-state index contributed by atoms with van der Waals surface area (Å²) in [5.74, 6) is -1.64. The van der Waals surface area contributed by atoms with Gasteiger partial charge in [0.25, 0.3) is 0 Å². The summed E-state index contributed by atoms with van der Waals surface area (Å²) in [4.78, 5) is 24.1. The predicted octanol–water partition coefficient (Wildman–Crippen LogP) is 5.57. The quantitative estimate of drug-likeness (QED) is 0.221. The Morgan fingerprint density at radius 3 is 2.62 bits per heavy atom. The molecule has 0 aromatic heterocycles. The zero-order chi connectivity index (χ0) is 24.7. The first-order valence-corrected chi connectivity index (χ1v) is 11.2. The number of ether oxygens (including phenoxy) is 2. The molecule has 2 N–H and O–H groups in total. The van der Waals surface area contributed by atoms with E-state index in [0.29, 0.717) is 32.1 Å². The summed E-state index contributed by atoms with van der Waals surface area (Å²) in [7, 11) is 1.45. The van der Waals surface area contributed by atoms with Gasteiger partial charge in [-0.05, 0) is 57.9 Å².